The maximum Gasteiger partial charge on any atom is 0.274 e. The molecular formula is C12H10FN3O2. The molecule has 0 atom stereocenters. The van der Waals surface area contributed by atoms with E-state index in [2.05, 4.69) is 10.3 Å². The third-order valence-corrected chi connectivity index (χ3v) is 2.38. The summed E-state index contributed by atoms with van der Waals surface area (Å²) in [7, 11) is 0. The normalized spacial score (nSPS) is 10.1. The minimum atomic E-state index is -0.456. The van der Waals surface area contributed by atoms with E-state index in [1.165, 1.54) is 18.3 Å². The standard InChI is InChI=1S/C12H10FN3O2/c13-10-5-11(8-14-7-10)15-6-9-3-1-2-4-12(9)16(17)18/h1-5,7-8,15H,6H2. The van der Waals surface area contributed by atoms with Crippen LogP contribution >= 0.6 is 0 Å². The summed E-state index contributed by atoms with van der Waals surface area (Å²) < 4.78 is 12.9. The van der Waals surface area contributed by atoms with Crippen molar-refractivity contribution in [2.75, 3.05) is 5.32 Å². The van der Waals surface area contributed by atoms with Gasteiger partial charge in [0, 0.05) is 24.2 Å². The van der Waals surface area contributed by atoms with Gasteiger partial charge in [-0.05, 0) is 0 Å². The van der Waals surface area contributed by atoms with E-state index >= 15 is 0 Å². The highest BCUT2D eigenvalue weighted by molar-refractivity contribution is 5.45. The highest BCUT2D eigenvalue weighted by Crippen LogP contribution is 2.19. The predicted octanol–water partition coefficient (Wildman–Crippen LogP) is 2.74. The highest BCUT2D eigenvalue weighted by atomic mass is 19.1. The van der Waals surface area contributed by atoms with Crippen LogP contribution in [0.15, 0.2) is 42.7 Å². The largest absolute Gasteiger partial charge is 0.379 e. The molecule has 0 saturated carbocycles. The van der Waals surface area contributed by atoms with Gasteiger partial charge >= 0.3 is 0 Å². The number of nitro groups is 1. The van der Waals surface area contributed by atoms with Crippen molar-refractivity contribution in [1.82, 2.24) is 4.98 Å². The Kier molecular flexibility index (Phi) is 3.47. The molecule has 0 spiro atoms. The molecule has 0 aliphatic rings. The first-order valence-electron chi connectivity index (χ1n) is 5.23. The number of nitro benzene ring substituents is 1. The van der Waals surface area contributed by atoms with Crippen molar-refractivity contribution in [2.24, 2.45) is 0 Å². The smallest absolute Gasteiger partial charge is 0.274 e. The maximum absolute atomic E-state index is 12.9. The maximum atomic E-state index is 12.9. The Hall–Kier alpha value is -2.50. The SMILES string of the molecule is O=[N+]([O-])c1ccccc1CNc1cncc(F)c1. The van der Waals surface area contributed by atoms with Gasteiger partial charge < -0.3 is 5.32 Å². The van der Waals surface area contributed by atoms with E-state index in [1.54, 1.807) is 18.2 Å². The van der Waals surface area contributed by atoms with Crippen LogP contribution in [-0.2, 0) is 6.54 Å². The second-order valence-corrected chi connectivity index (χ2v) is 3.63. The van der Waals surface area contributed by atoms with Gasteiger partial charge in [-0.15, -0.1) is 0 Å². The fraction of sp³-hybridized carbons (Fsp3) is 0.0833. The van der Waals surface area contributed by atoms with Gasteiger partial charge in [0.1, 0.15) is 5.82 Å². The average molecular weight is 247 g/mol. The van der Waals surface area contributed by atoms with Crippen molar-refractivity contribution in [3.05, 3.63) is 64.2 Å². The zero-order chi connectivity index (χ0) is 13.0. The Balaban J connectivity index is 2.13. The molecule has 0 radical (unpaired) electrons. The number of rotatable bonds is 4. The van der Waals surface area contributed by atoms with Crippen LogP contribution < -0.4 is 5.32 Å². The number of hydrogen-bond donors (Lipinski definition) is 1. The quantitative estimate of drug-likeness (QED) is 0.666. The van der Waals surface area contributed by atoms with Crippen molar-refractivity contribution in [1.29, 1.82) is 0 Å². The van der Waals surface area contributed by atoms with Gasteiger partial charge in [-0.3, -0.25) is 15.1 Å². The molecule has 18 heavy (non-hydrogen) atoms. The van der Waals surface area contributed by atoms with Crippen LogP contribution in [0.2, 0.25) is 0 Å². The first-order chi connectivity index (χ1) is 8.66. The Labute approximate surface area is 102 Å². The summed E-state index contributed by atoms with van der Waals surface area (Å²) in [4.78, 5) is 14.0. The summed E-state index contributed by atoms with van der Waals surface area (Å²) in [5.41, 5.74) is 1.05. The number of nitrogens with one attached hydrogen (secondary N) is 1. The molecule has 1 heterocycles. The van der Waals surface area contributed by atoms with Crippen LogP contribution in [-0.4, -0.2) is 9.91 Å². The Morgan fingerprint density at radius 1 is 1.33 bits per heavy atom. The molecule has 1 aromatic carbocycles. The van der Waals surface area contributed by atoms with Gasteiger partial charge in [-0.25, -0.2) is 4.39 Å². The fourth-order valence-corrected chi connectivity index (χ4v) is 1.54. The number of halogens is 1. The Morgan fingerprint density at radius 2 is 2.11 bits per heavy atom. The Morgan fingerprint density at radius 3 is 2.83 bits per heavy atom. The topological polar surface area (TPSA) is 68.1 Å². The number of para-hydroxylation sites is 1. The molecule has 5 nitrogen and oxygen atoms in total. The summed E-state index contributed by atoms with van der Waals surface area (Å²) in [6.45, 7) is 0.238. The minimum Gasteiger partial charge on any atom is -0.379 e. The van der Waals surface area contributed by atoms with Crippen LogP contribution in [0.1, 0.15) is 5.56 Å². The van der Waals surface area contributed by atoms with E-state index in [9.17, 15) is 14.5 Å². The third kappa shape index (κ3) is 2.79. The van der Waals surface area contributed by atoms with Gasteiger partial charge in [0.25, 0.3) is 5.69 Å². The third-order valence-electron chi connectivity index (χ3n) is 2.38. The van der Waals surface area contributed by atoms with Crippen LogP contribution in [0.3, 0.4) is 0 Å². The molecule has 2 aromatic rings. The lowest BCUT2D eigenvalue weighted by atomic mass is 10.2. The molecule has 92 valence electrons. The van der Waals surface area contributed by atoms with Crippen LogP contribution in [0.5, 0.6) is 0 Å². The van der Waals surface area contributed by atoms with Crippen LogP contribution in [0.25, 0.3) is 0 Å². The molecule has 1 N–H and O–H groups in total. The van der Waals surface area contributed by atoms with Crippen molar-refractivity contribution >= 4 is 11.4 Å². The first kappa shape index (κ1) is 12.0. The van der Waals surface area contributed by atoms with E-state index in [4.69, 9.17) is 0 Å². The molecule has 6 heteroatoms. The molecule has 0 aliphatic heterocycles. The summed E-state index contributed by atoms with van der Waals surface area (Å²) in [5.74, 6) is -0.456. The number of pyridine rings is 1. The second kappa shape index (κ2) is 5.22. The van der Waals surface area contributed by atoms with E-state index in [0.29, 0.717) is 11.3 Å². The zero-order valence-corrected chi connectivity index (χ0v) is 9.34. The number of hydrogen-bond acceptors (Lipinski definition) is 4. The number of benzene rings is 1. The van der Waals surface area contributed by atoms with Gasteiger partial charge in [-0.1, -0.05) is 18.2 Å². The lowest BCUT2D eigenvalue weighted by Gasteiger charge is -2.06. The predicted molar refractivity (Wildman–Crippen MR) is 64.6 cm³/mol. The molecule has 0 fully saturated rings. The molecule has 0 bridgehead atoms. The van der Waals surface area contributed by atoms with Crippen molar-refractivity contribution < 1.29 is 9.31 Å². The van der Waals surface area contributed by atoms with Gasteiger partial charge in [0.05, 0.1) is 23.0 Å². The van der Waals surface area contributed by atoms with Gasteiger partial charge in [0.2, 0.25) is 0 Å². The zero-order valence-electron chi connectivity index (χ0n) is 9.34. The first-order valence-corrected chi connectivity index (χ1v) is 5.23. The van der Waals surface area contributed by atoms with E-state index in [0.717, 1.165) is 6.20 Å². The molecule has 0 aliphatic carbocycles. The summed E-state index contributed by atoms with van der Waals surface area (Å²) in [5, 5.41) is 13.7. The van der Waals surface area contributed by atoms with E-state index < -0.39 is 10.7 Å². The van der Waals surface area contributed by atoms with Crippen molar-refractivity contribution in [3.63, 3.8) is 0 Å². The second-order valence-electron chi connectivity index (χ2n) is 3.63. The van der Waals surface area contributed by atoms with Crippen LogP contribution in [0, 0.1) is 15.9 Å². The highest BCUT2D eigenvalue weighted by Gasteiger charge is 2.11. The number of anilines is 1. The molecule has 0 unspecified atom stereocenters. The van der Waals surface area contributed by atoms with Gasteiger partial charge in [0.15, 0.2) is 0 Å². The molecule has 2 rings (SSSR count). The Bertz CT molecular complexity index is 575. The summed E-state index contributed by atoms with van der Waals surface area (Å²) in [6, 6.07) is 7.68. The van der Waals surface area contributed by atoms with Crippen molar-refractivity contribution in [2.45, 2.75) is 6.54 Å². The fourth-order valence-electron chi connectivity index (χ4n) is 1.54. The molecule has 0 saturated heterocycles. The lowest BCUT2D eigenvalue weighted by molar-refractivity contribution is -0.385. The van der Waals surface area contributed by atoms with E-state index in [-0.39, 0.29) is 12.2 Å². The number of nitrogens with zero attached hydrogens (tertiary/aromatic N) is 2. The molecule has 1 aromatic heterocycles. The summed E-state index contributed by atoms with van der Waals surface area (Å²) in [6.07, 6.45) is 2.55. The average Bonchev–Trinajstić information content (AvgIpc) is 2.37. The lowest BCUT2D eigenvalue weighted by Crippen LogP contribution is -2.03. The van der Waals surface area contributed by atoms with Gasteiger partial charge in [-0.2, -0.15) is 0 Å². The monoisotopic (exact) mass is 247 g/mol. The molecule has 0 amide bonds. The van der Waals surface area contributed by atoms with Crippen LogP contribution in [0.4, 0.5) is 15.8 Å². The van der Waals surface area contributed by atoms with E-state index in [1.807, 2.05) is 0 Å². The van der Waals surface area contributed by atoms with Crippen molar-refractivity contribution in [3.8, 4) is 0 Å². The minimum absolute atomic E-state index is 0.0364. The molecular weight excluding hydrogens is 237 g/mol. The summed E-state index contributed by atoms with van der Waals surface area (Å²) >= 11 is 0. The number of aromatic nitrogens is 1.